The van der Waals surface area contributed by atoms with Gasteiger partial charge in [-0.2, -0.15) is 0 Å². The molecule has 2 aliphatic heterocycles. The molecule has 0 unspecified atom stereocenters. The number of anilines is 1. The summed E-state index contributed by atoms with van der Waals surface area (Å²) in [6.45, 7) is 11.9. The number of piperidine rings is 1. The fraction of sp³-hybridized carbons (Fsp3) is 0.474. The Labute approximate surface area is 285 Å². The van der Waals surface area contributed by atoms with Gasteiger partial charge in [0.1, 0.15) is 5.75 Å². The molecule has 9 heteroatoms. The molecule has 2 aliphatic rings. The van der Waals surface area contributed by atoms with Crippen LogP contribution in [0.2, 0.25) is 5.02 Å². The second kappa shape index (κ2) is 15.6. The van der Waals surface area contributed by atoms with E-state index < -0.39 is 11.5 Å². The summed E-state index contributed by atoms with van der Waals surface area (Å²) < 4.78 is 5.66. The summed E-state index contributed by atoms with van der Waals surface area (Å²) in [5.41, 5.74) is 11.5. The largest absolute Gasteiger partial charge is 0.496 e. The molecule has 8 nitrogen and oxygen atoms in total. The number of carbonyl (C=O) groups excluding carboxylic acids is 2. The number of amides is 2. The Bertz CT molecular complexity index is 1510. The van der Waals surface area contributed by atoms with Crippen LogP contribution in [0.25, 0.3) is 11.1 Å². The quantitative estimate of drug-likeness (QED) is 0.281. The highest BCUT2D eigenvalue weighted by molar-refractivity contribution is 6.30. The predicted molar refractivity (Wildman–Crippen MR) is 191 cm³/mol. The number of carbonyl (C=O) groups is 2. The standard InChI is InChI=1S/C38H50ClN5O3/c1-38(2,3)37(46)41-33-11-8-12-34(47-4)32(33)26-43-21-23-44(24-22-43)36(45)35(40)28-15-18-42(19-16-28)20-17-29-25-30(39)13-14-31(29)27-9-6-5-7-10-27/h5-14,25,28,35H,15-24,26,40H2,1-4H3,(H,41,46)/t35-/m1/s1. The number of piperazine rings is 1. The van der Waals surface area contributed by atoms with Crippen LogP contribution in [0.3, 0.4) is 0 Å². The number of nitrogens with one attached hydrogen (secondary N) is 1. The maximum Gasteiger partial charge on any atom is 0.239 e. The van der Waals surface area contributed by atoms with Gasteiger partial charge in [-0.25, -0.2) is 0 Å². The van der Waals surface area contributed by atoms with Crippen molar-refractivity contribution in [2.75, 3.05) is 58.2 Å². The van der Waals surface area contributed by atoms with E-state index in [1.807, 2.05) is 56.0 Å². The number of methoxy groups -OCH3 is 1. The Morgan fingerprint density at radius 1 is 0.936 bits per heavy atom. The van der Waals surface area contributed by atoms with Gasteiger partial charge >= 0.3 is 0 Å². The minimum atomic E-state index is -0.509. The van der Waals surface area contributed by atoms with Gasteiger partial charge in [0, 0.05) is 61.0 Å². The number of benzene rings is 3. The van der Waals surface area contributed by atoms with E-state index in [2.05, 4.69) is 51.5 Å². The van der Waals surface area contributed by atoms with Crippen molar-refractivity contribution in [2.45, 2.75) is 52.6 Å². The van der Waals surface area contributed by atoms with Gasteiger partial charge in [0.25, 0.3) is 0 Å². The van der Waals surface area contributed by atoms with Crippen LogP contribution < -0.4 is 15.8 Å². The Kier molecular flexibility index (Phi) is 11.6. The second-order valence-electron chi connectivity index (χ2n) is 13.9. The molecule has 2 fully saturated rings. The Morgan fingerprint density at radius 3 is 2.30 bits per heavy atom. The smallest absolute Gasteiger partial charge is 0.239 e. The molecule has 5 rings (SSSR count). The molecule has 0 aliphatic carbocycles. The summed E-state index contributed by atoms with van der Waals surface area (Å²) in [5.74, 6) is 0.948. The van der Waals surface area contributed by atoms with Crippen LogP contribution in [0.4, 0.5) is 5.69 Å². The molecule has 0 radical (unpaired) electrons. The third-order valence-electron chi connectivity index (χ3n) is 9.62. The molecular weight excluding hydrogens is 610 g/mol. The topological polar surface area (TPSA) is 91.1 Å². The van der Waals surface area contributed by atoms with Crippen molar-refractivity contribution in [3.63, 3.8) is 0 Å². The number of halogens is 1. The van der Waals surface area contributed by atoms with Crippen LogP contribution in [-0.2, 0) is 22.6 Å². The zero-order valence-electron chi connectivity index (χ0n) is 28.3. The first-order valence-electron chi connectivity index (χ1n) is 16.8. The minimum absolute atomic E-state index is 0.0412. The average Bonchev–Trinajstić information content (AvgIpc) is 3.08. The maximum absolute atomic E-state index is 13.5. The summed E-state index contributed by atoms with van der Waals surface area (Å²) in [5, 5.41) is 3.85. The fourth-order valence-electron chi connectivity index (χ4n) is 6.59. The first-order chi connectivity index (χ1) is 22.5. The van der Waals surface area contributed by atoms with Gasteiger partial charge in [-0.15, -0.1) is 0 Å². The van der Waals surface area contributed by atoms with Crippen molar-refractivity contribution in [3.05, 3.63) is 82.9 Å². The number of rotatable bonds is 10. The van der Waals surface area contributed by atoms with E-state index >= 15 is 0 Å². The number of hydrogen-bond donors (Lipinski definition) is 2. The van der Waals surface area contributed by atoms with Gasteiger partial charge < -0.3 is 25.6 Å². The molecule has 1 atom stereocenters. The lowest BCUT2D eigenvalue weighted by atomic mass is 9.88. The summed E-state index contributed by atoms with van der Waals surface area (Å²) in [6.07, 6.45) is 2.76. The van der Waals surface area contributed by atoms with Crippen molar-refractivity contribution in [3.8, 4) is 16.9 Å². The van der Waals surface area contributed by atoms with E-state index in [0.717, 1.165) is 74.0 Å². The van der Waals surface area contributed by atoms with E-state index in [1.165, 1.54) is 16.7 Å². The van der Waals surface area contributed by atoms with Crippen LogP contribution in [0, 0.1) is 11.3 Å². The first-order valence-corrected chi connectivity index (χ1v) is 17.2. The molecule has 252 valence electrons. The van der Waals surface area contributed by atoms with Gasteiger partial charge in [0.05, 0.1) is 13.2 Å². The molecule has 2 saturated heterocycles. The van der Waals surface area contributed by atoms with E-state index in [0.29, 0.717) is 19.6 Å². The first kappa shape index (κ1) is 34.9. The molecular formula is C38H50ClN5O3. The SMILES string of the molecule is COc1cccc(NC(=O)C(C)(C)C)c1CN1CCN(C(=O)[C@H](N)C2CCN(CCc3cc(Cl)ccc3-c3ccccc3)CC2)CC1. The number of likely N-dealkylation sites (tertiary alicyclic amines) is 1. The number of ether oxygens (including phenoxy) is 1. The molecule has 2 amide bonds. The van der Waals surface area contributed by atoms with E-state index in [4.69, 9.17) is 22.1 Å². The van der Waals surface area contributed by atoms with E-state index in [-0.39, 0.29) is 17.7 Å². The van der Waals surface area contributed by atoms with E-state index in [9.17, 15) is 9.59 Å². The molecule has 0 saturated carbocycles. The van der Waals surface area contributed by atoms with Crippen LogP contribution in [0.15, 0.2) is 66.7 Å². The van der Waals surface area contributed by atoms with Crippen LogP contribution in [-0.4, -0.2) is 85.5 Å². The highest BCUT2D eigenvalue weighted by Crippen LogP contribution is 2.31. The van der Waals surface area contributed by atoms with Crippen LogP contribution in [0.1, 0.15) is 44.7 Å². The lowest BCUT2D eigenvalue weighted by Gasteiger charge is -2.39. The van der Waals surface area contributed by atoms with Crippen molar-refractivity contribution < 1.29 is 14.3 Å². The third-order valence-corrected chi connectivity index (χ3v) is 9.86. The van der Waals surface area contributed by atoms with Crippen molar-refractivity contribution in [1.29, 1.82) is 0 Å². The summed E-state index contributed by atoms with van der Waals surface area (Å²) in [4.78, 5) is 33.0. The van der Waals surface area contributed by atoms with Crippen molar-refractivity contribution in [1.82, 2.24) is 14.7 Å². The van der Waals surface area contributed by atoms with Crippen molar-refractivity contribution >= 4 is 29.1 Å². The lowest BCUT2D eigenvalue weighted by Crippen LogP contribution is -2.55. The zero-order chi connectivity index (χ0) is 33.6. The number of hydrogen-bond acceptors (Lipinski definition) is 6. The average molecular weight is 660 g/mol. The van der Waals surface area contributed by atoms with Crippen LogP contribution in [0.5, 0.6) is 5.75 Å². The Balaban J connectivity index is 1.10. The number of nitrogens with zero attached hydrogens (tertiary/aromatic N) is 3. The monoisotopic (exact) mass is 659 g/mol. The summed E-state index contributed by atoms with van der Waals surface area (Å²) in [7, 11) is 1.65. The third kappa shape index (κ3) is 8.93. The van der Waals surface area contributed by atoms with Gasteiger partial charge in [-0.05, 0) is 79.2 Å². The number of nitrogens with two attached hydrogens (primary N) is 1. The van der Waals surface area contributed by atoms with Gasteiger partial charge in [0.2, 0.25) is 11.8 Å². The zero-order valence-corrected chi connectivity index (χ0v) is 29.1. The molecule has 3 aromatic rings. The normalized spacial score (nSPS) is 17.4. The van der Waals surface area contributed by atoms with Gasteiger partial charge in [0.15, 0.2) is 0 Å². The molecule has 3 aromatic carbocycles. The summed E-state index contributed by atoms with van der Waals surface area (Å²) >= 11 is 6.38. The van der Waals surface area contributed by atoms with Crippen LogP contribution >= 0.6 is 11.6 Å². The molecule has 0 spiro atoms. The van der Waals surface area contributed by atoms with Gasteiger partial charge in [-0.3, -0.25) is 14.5 Å². The highest BCUT2D eigenvalue weighted by atomic mass is 35.5. The Hall–Kier alpha value is -3.43. The predicted octanol–water partition coefficient (Wildman–Crippen LogP) is 5.93. The molecule has 47 heavy (non-hydrogen) atoms. The molecule has 2 heterocycles. The highest BCUT2D eigenvalue weighted by Gasteiger charge is 2.33. The summed E-state index contributed by atoms with van der Waals surface area (Å²) in [6, 6.07) is 21.9. The molecule has 0 aromatic heterocycles. The van der Waals surface area contributed by atoms with Crippen molar-refractivity contribution in [2.24, 2.45) is 17.1 Å². The second-order valence-corrected chi connectivity index (χ2v) is 14.4. The maximum atomic E-state index is 13.5. The molecule has 0 bridgehead atoms. The Morgan fingerprint density at radius 2 is 1.64 bits per heavy atom. The minimum Gasteiger partial charge on any atom is -0.496 e. The van der Waals surface area contributed by atoms with Gasteiger partial charge in [-0.1, -0.05) is 74.8 Å². The molecule has 3 N–H and O–H groups in total. The lowest BCUT2D eigenvalue weighted by molar-refractivity contribution is -0.136. The van der Waals surface area contributed by atoms with E-state index in [1.54, 1.807) is 7.11 Å². The fourth-order valence-corrected chi connectivity index (χ4v) is 6.79.